The van der Waals surface area contributed by atoms with E-state index in [1.165, 1.54) is 12.1 Å². The number of pyridine rings is 3. The third-order valence-corrected chi connectivity index (χ3v) is 3.83. The maximum atomic E-state index is 12.6. The van der Waals surface area contributed by atoms with E-state index in [0.29, 0.717) is 23.4 Å². The highest BCUT2D eigenvalue weighted by Gasteiger charge is 2.30. The lowest BCUT2D eigenvalue weighted by molar-refractivity contribution is -0.137. The predicted molar refractivity (Wildman–Crippen MR) is 95.3 cm³/mol. The predicted octanol–water partition coefficient (Wildman–Crippen LogP) is 4.72. The van der Waals surface area contributed by atoms with E-state index >= 15 is 0 Å². The maximum Gasteiger partial charge on any atom is 0.417 e. The molecule has 0 fully saturated rings. The molecule has 0 aromatic carbocycles. The standard InChI is InChI=1S/C20H16F3N3O2/c1-12-3-6-16(11-24-12)28-17-7-13(2)26-18(9-17)19(27)8-15-5-4-14(10-25-15)20(21,22)23/h3-7,9-11H,8H2,1-2H3. The minimum Gasteiger partial charge on any atom is -0.456 e. The molecule has 0 aliphatic heterocycles. The van der Waals surface area contributed by atoms with Crippen molar-refractivity contribution in [3.8, 4) is 11.5 Å². The van der Waals surface area contributed by atoms with Crippen molar-refractivity contribution in [1.82, 2.24) is 15.0 Å². The molecular weight excluding hydrogens is 371 g/mol. The average Bonchev–Trinajstić information content (AvgIpc) is 2.63. The van der Waals surface area contributed by atoms with E-state index in [1.807, 2.05) is 6.92 Å². The molecule has 3 aromatic rings. The lowest BCUT2D eigenvalue weighted by Crippen LogP contribution is -2.10. The van der Waals surface area contributed by atoms with Gasteiger partial charge in [-0.3, -0.25) is 14.8 Å². The zero-order valence-corrected chi connectivity index (χ0v) is 15.1. The van der Waals surface area contributed by atoms with Gasteiger partial charge >= 0.3 is 6.18 Å². The summed E-state index contributed by atoms with van der Waals surface area (Å²) in [5, 5.41) is 0. The summed E-state index contributed by atoms with van der Waals surface area (Å²) >= 11 is 0. The van der Waals surface area contributed by atoms with Crippen LogP contribution < -0.4 is 4.74 Å². The summed E-state index contributed by atoms with van der Waals surface area (Å²) in [5.41, 5.74) is 0.933. The number of hydrogen-bond acceptors (Lipinski definition) is 5. The van der Waals surface area contributed by atoms with E-state index in [0.717, 1.165) is 11.8 Å². The fourth-order valence-electron chi connectivity index (χ4n) is 2.44. The Morgan fingerprint density at radius 2 is 1.75 bits per heavy atom. The molecule has 0 radical (unpaired) electrons. The zero-order chi connectivity index (χ0) is 20.3. The normalized spacial score (nSPS) is 11.3. The van der Waals surface area contributed by atoms with Gasteiger partial charge in [0.2, 0.25) is 0 Å². The second-order valence-corrected chi connectivity index (χ2v) is 6.20. The summed E-state index contributed by atoms with van der Waals surface area (Å²) in [7, 11) is 0. The molecule has 8 heteroatoms. The number of halogens is 3. The molecule has 0 unspecified atom stereocenters. The topological polar surface area (TPSA) is 65.0 Å². The summed E-state index contributed by atoms with van der Waals surface area (Å²) in [6, 6.07) is 8.80. The van der Waals surface area contributed by atoms with Crippen molar-refractivity contribution < 1.29 is 22.7 Å². The van der Waals surface area contributed by atoms with Crippen molar-refractivity contribution in [3.63, 3.8) is 0 Å². The molecule has 0 saturated carbocycles. The Hall–Kier alpha value is -3.29. The Morgan fingerprint density at radius 3 is 2.36 bits per heavy atom. The molecule has 0 saturated heterocycles. The molecular formula is C20H16F3N3O2. The molecule has 144 valence electrons. The first-order chi connectivity index (χ1) is 13.2. The fourth-order valence-corrected chi connectivity index (χ4v) is 2.44. The van der Waals surface area contributed by atoms with Crippen molar-refractivity contribution in [2.24, 2.45) is 0 Å². The van der Waals surface area contributed by atoms with Gasteiger partial charge in [0.15, 0.2) is 5.78 Å². The van der Waals surface area contributed by atoms with Crippen molar-refractivity contribution in [2.45, 2.75) is 26.4 Å². The quantitative estimate of drug-likeness (QED) is 0.593. The molecule has 0 N–H and O–H groups in total. The highest BCUT2D eigenvalue weighted by atomic mass is 19.4. The largest absolute Gasteiger partial charge is 0.456 e. The van der Waals surface area contributed by atoms with E-state index in [9.17, 15) is 18.0 Å². The van der Waals surface area contributed by atoms with Crippen LogP contribution in [0.25, 0.3) is 0 Å². The van der Waals surface area contributed by atoms with Crippen molar-refractivity contribution in [3.05, 3.63) is 77.1 Å². The van der Waals surface area contributed by atoms with Crippen molar-refractivity contribution >= 4 is 5.78 Å². The second-order valence-electron chi connectivity index (χ2n) is 6.20. The van der Waals surface area contributed by atoms with Gasteiger partial charge in [0.05, 0.1) is 18.2 Å². The minimum absolute atomic E-state index is 0.150. The van der Waals surface area contributed by atoms with Crippen LogP contribution in [0.1, 0.15) is 33.1 Å². The van der Waals surface area contributed by atoms with Crippen LogP contribution in [0.5, 0.6) is 11.5 Å². The lowest BCUT2D eigenvalue weighted by Gasteiger charge is -2.09. The number of Topliss-reactive ketones (excluding diaryl/α,β-unsaturated/α-hetero) is 1. The Labute approximate surface area is 159 Å². The smallest absolute Gasteiger partial charge is 0.417 e. The molecule has 0 spiro atoms. The van der Waals surface area contributed by atoms with E-state index < -0.39 is 11.7 Å². The molecule has 3 rings (SSSR count). The van der Waals surface area contributed by atoms with Crippen LogP contribution in [-0.2, 0) is 12.6 Å². The van der Waals surface area contributed by atoms with Crippen LogP contribution >= 0.6 is 0 Å². The number of ketones is 1. The SMILES string of the molecule is Cc1ccc(Oc2cc(C)nc(C(=O)Cc3ccc(C(F)(F)F)cn3)c2)cn1. The van der Waals surface area contributed by atoms with Crippen LogP contribution in [-0.4, -0.2) is 20.7 Å². The van der Waals surface area contributed by atoms with E-state index in [1.54, 1.807) is 31.3 Å². The third kappa shape index (κ3) is 4.91. The molecule has 0 aliphatic carbocycles. The molecule has 3 aromatic heterocycles. The number of hydrogen-bond donors (Lipinski definition) is 0. The number of aryl methyl sites for hydroxylation is 2. The third-order valence-electron chi connectivity index (χ3n) is 3.83. The van der Waals surface area contributed by atoms with Gasteiger partial charge < -0.3 is 4.74 Å². The highest BCUT2D eigenvalue weighted by molar-refractivity contribution is 5.95. The van der Waals surface area contributed by atoms with E-state index in [-0.39, 0.29) is 23.6 Å². The number of ether oxygens (including phenoxy) is 1. The first-order valence-electron chi connectivity index (χ1n) is 8.35. The van der Waals surface area contributed by atoms with Gasteiger partial charge in [0.1, 0.15) is 17.2 Å². The first-order valence-corrected chi connectivity index (χ1v) is 8.35. The lowest BCUT2D eigenvalue weighted by atomic mass is 10.1. The number of alkyl halides is 3. The summed E-state index contributed by atoms with van der Waals surface area (Å²) in [4.78, 5) is 24.6. The van der Waals surface area contributed by atoms with Gasteiger partial charge in [-0.15, -0.1) is 0 Å². The Bertz CT molecular complexity index is 985. The van der Waals surface area contributed by atoms with Crippen LogP contribution in [0.2, 0.25) is 0 Å². The van der Waals surface area contributed by atoms with Crippen LogP contribution in [0.3, 0.4) is 0 Å². The van der Waals surface area contributed by atoms with Gasteiger partial charge in [0.25, 0.3) is 0 Å². The molecule has 0 atom stereocenters. The second kappa shape index (κ2) is 7.75. The number of carbonyl (C=O) groups excluding carboxylic acids is 1. The van der Waals surface area contributed by atoms with Crippen LogP contribution in [0.4, 0.5) is 13.2 Å². The number of rotatable bonds is 5. The van der Waals surface area contributed by atoms with Gasteiger partial charge in [-0.25, -0.2) is 4.98 Å². The van der Waals surface area contributed by atoms with Gasteiger partial charge in [-0.1, -0.05) is 0 Å². The Balaban J connectivity index is 1.76. The molecule has 3 heterocycles. The van der Waals surface area contributed by atoms with Crippen LogP contribution in [0.15, 0.2) is 48.8 Å². The number of carbonyl (C=O) groups is 1. The molecule has 0 amide bonds. The van der Waals surface area contributed by atoms with Crippen molar-refractivity contribution in [2.75, 3.05) is 0 Å². The number of aromatic nitrogens is 3. The van der Waals surface area contributed by atoms with Gasteiger partial charge in [0, 0.05) is 35.4 Å². The van der Waals surface area contributed by atoms with E-state index in [2.05, 4.69) is 15.0 Å². The fraction of sp³-hybridized carbons (Fsp3) is 0.200. The molecule has 5 nitrogen and oxygen atoms in total. The summed E-state index contributed by atoms with van der Waals surface area (Å²) in [5.74, 6) is 0.559. The molecule has 28 heavy (non-hydrogen) atoms. The summed E-state index contributed by atoms with van der Waals surface area (Å²) in [6.45, 7) is 3.57. The van der Waals surface area contributed by atoms with Gasteiger partial charge in [-0.2, -0.15) is 13.2 Å². The highest BCUT2D eigenvalue weighted by Crippen LogP contribution is 2.28. The monoisotopic (exact) mass is 387 g/mol. The Kier molecular flexibility index (Phi) is 5.39. The van der Waals surface area contributed by atoms with Crippen LogP contribution in [0, 0.1) is 13.8 Å². The van der Waals surface area contributed by atoms with Gasteiger partial charge in [-0.05, 0) is 38.1 Å². The van der Waals surface area contributed by atoms with E-state index in [4.69, 9.17) is 4.74 Å². The Morgan fingerprint density at radius 1 is 0.964 bits per heavy atom. The molecule has 0 aliphatic rings. The molecule has 0 bridgehead atoms. The maximum absolute atomic E-state index is 12.6. The van der Waals surface area contributed by atoms with Crippen molar-refractivity contribution in [1.29, 1.82) is 0 Å². The average molecular weight is 387 g/mol. The summed E-state index contributed by atoms with van der Waals surface area (Å²) < 4.78 is 43.5. The first kappa shape index (κ1) is 19.5. The summed E-state index contributed by atoms with van der Waals surface area (Å²) in [6.07, 6.45) is -2.35. The zero-order valence-electron chi connectivity index (χ0n) is 15.1. The number of nitrogens with zero attached hydrogens (tertiary/aromatic N) is 3. The minimum atomic E-state index is -4.47.